The Morgan fingerprint density at radius 1 is 1.28 bits per heavy atom. The number of hydrogen-bond donors (Lipinski definition) is 2. The Morgan fingerprint density at radius 3 is 2.62 bits per heavy atom. The van der Waals surface area contributed by atoms with E-state index in [1.54, 1.807) is 38.1 Å². The van der Waals surface area contributed by atoms with Crippen LogP contribution < -0.4 is 14.8 Å². The van der Waals surface area contributed by atoms with Crippen molar-refractivity contribution in [3.8, 4) is 5.75 Å². The molecular weight excluding hydrogens is 412 g/mol. The average Bonchev–Trinajstić information content (AvgIpc) is 2.89. The summed E-state index contributed by atoms with van der Waals surface area (Å²) in [6, 6.07) is 6.93. The van der Waals surface area contributed by atoms with Gasteiger partial charge in [-0.2, -0.15) is 0 Å². The largest absolute Gasteiger partial charge is 0.478 e. The molecule has 0 saturated heterocycles. The summed E-state index contributed by atoms with van der Waals surface area (Å²) in [4.78, 5) is 12.6. The molecule has 0 aromatic heterocycles. The molecule has 1 aromatic rings. The van der Waals surface area contributed by atoms with Crippen molar-refractivity contribution in [2.45, 2.75) is 63.5 Å². The minimum atomic E-state index is -3.22. The maximum atomic E-state index is 12.6. The number of benzene rings is 1. The van der Waals surface area contributed by atoms with Gasteiger partial charge in [0.2, 0.25) is 10.0 Å². The van der Waals surface area contributed by atoms with E-state index in [2.05, 4.69) is 10.0 Å². The molecule has 6 nitrogen and oxygen atoms in total. The topological polar surface area (TPSA) is 84.5 Å². The lowest BCUT2D eigenvalue weighted by Crippen LogP contribution is -2.50. The van der Waals surface area contributed by atoms with Crippen LogP contribution in [0.25, 0.3) is 0 Å². The summed E-state index contributed by atoms with van der Waals surface area (Å²) in [5.41, 5.74) is -1.29. The number of hydrogen-bond acceptors (Lipinski definition) is 4. The molecule has 2 bridgehead atoms. The molecule has 2 aliphatic carbocycles. The van der Waals surface area contributed by atoms with Crippen LogP contribution in [0, 0.1) is 11.8 Å². The summed E-state index contributed by atoms with van der Waals surface area (Å²) < 4.78 is 32.3. The third-order valence-corrected chi connectivity index (χ3v) is 7.09. The van der Waals surface area contributed by atoms with Crippen LogP contribution in [0.1, 0.15) is 52.4 Å². The van der Waals surface area contributed by atoms with Gasteiger partial charge in [0.05, 0.1) is 6.26 Å². The molecule has 1 amide bonds. The molecule has 2 saturated carbocycles. The smallest absolute Gasteiger partial charge is 0.263 e. The first-order valence-corrected chi connectivity index (χ1v) is 12.5. The Labute approximate surface area is 178 Å². The first kappa shape index (κ1) is 22.4. The van der Waals surface area contributed by atoms with E-state index in [9.17, 15) is 13.2 Å². The van der Waals surface area contributed by atoms with E-state index in [1.807, 2.05) is 0 Å². The highest BCUT2D eigenvalue weighted by atomic mass is 35.5. The number of carbonyl (C=O) groups excluding carboxylic acids is 1. The normalized spacial score (nSPS) is 26.9. The Hall–Kier alpha value is -1.31. The zero-order valence-corrected chi connectivity index (χ0v) is 18.9. The lowest BCUT2D eigenvalue weighted by molar-refractivity contribution is -0.134. The zero-order chi connectivity index (χ0) is 21.3. The number of ether oxygens (including phenoxy) is 1. The van der Waals surface area contributed by atoms with Crippen molar-refractivity contribution in [2.24, 2.45) is 11.8 Å². The van der Waals surface area contributed by atoms with Crippen LogP contribution in [0.4, 0.5) is 0 Å². The van der Waals surface area contributed by atoms with Crippen LogP contribution in [0.15, 0.2) is 24.3 Å². The van der Waals surface area contributed by atoms with E-state index >= 15 is 0 Å². The molecule has 0 aliphatic heterocycles. The SMILES string of the molecule is CC(C)(Oc1ccc(Cl)cc1)C(=O)NCCC1C[C@@H]2CC[C@@](NS(C)(=O)=O)(C1)C2. The highest BCUT2D eigenvalue weighted by Gasteiger charge is 2.46. The second-order valence-electron chi connectivity index (χ2n) is 9.18. The lowest BCUT2D eigenvalue weighted by atomic mass is 9.75. The van der Waals surface area contributed by atoms with Gasteiger partial charge in [-0.3, -0.25) is 4.79 Å². The van der Waals surface area contributed by atoms with Crippen LogP contribution in [0.3, 0.4) is 0 Å². The van der Waals surface area contributed by atoms with Crippen LogP contribution in [-0.2, 0) is 14.8 Å². The predicted octanol–water partition coefficient (Wildman–Crippen LogP) is 3.50. The number of amides is 1. The Bertz CT molecular complexity index is 841. The molecule has 0 heterocycles. The number of carbonyl (C=O) groups is 1. The minimum Gasteiger partial charge on any atom is -0.478 e. The van der Waals surface area contributed by atoms with Crippen LogP contribution >= 0.6 is 11.6 Å². The van der Waals surface area contributed by atoms with Gasteiger partial charge in [0, 0.05) is 17.1 Å². The van der Waals surface area contributed by atoms with Crippen LogP contribution in [0.5, 0.6) is 5.75 Å². The second-order valence-corrected chi connectivity index (χ2v) is 11.4. The highest BCUT2D eigenvalue weighted by molar-refractivity contribution is 7.88. The minimum absolute atomic E-state index is 0.171. The summed E-state index contributed by atoms with van der Waals surface area (Å²) in [5.74, 6) is 1.40. The van der Waals surface area contributed by atoms with Gasteiger partial charge >= 0.3 is 0 Å². The fourth-order valence-electron chi connectivity index (χ4n) is 4.92. The lowest BCUT2D eigenvalue weighted by Gasteiger charge is -2.38. The van der Waals surface area contributed by atoms with Crippen molar-refractivity contribution < 1.29 is 17.9 Å². The fraction of sp³-hybridized carbons (Fsp3) is 0.667. The van der Waals surface area contributed by atoms with Gasteiger partial charge in [-0.1, -0.05) is 11.6 Å². The van der Waals surface area contributed by atoms with E-state index in [0.717, 1.165) is 38.5 Å². The summed E-state index contributed by atoms with van der Waals surface area (Å²) in [7, 11) is -3.22. The summed E-state index contributed by atoms with van der Waals surface area (Å²) in [6.07, 6.45) is 6.95. The first-order chi connectivity index (χ1) is 13.5. The molecule has 0 radical (unpaired) electrons. The second kappa shape index (κ2) is 8.44. The van der Waals surface area contributed by atoms with Crippen molar-refractivity contribution >= 4 is 27.5 Å². The molecule has 162 valence electrons. The van der Waals surface area contributed by atoms with E-state index in [4.69, 9.17) is 16.3 Å². The molecule has 0 spiro atoms. The molecule has 3 atom stereocenters. The fourth-order valence-corrected chi connectivity index (χ4v) is 6.11. The third-order valence-electron chi connectivity index (χ3n) is 6.03. The summed E-state index contributed by atoms with van der Waals surface area (Å²) in [5, 5.41) is 3.60. The average molecular weight is 443 g/mol. The van der Waals surface area contributed by atoms with Crippen molar-refractivity contribution in [2.75, 3.05) is 12.8 Å². The molecule has 1 aromatic carbocycles. The molecule has 1 unspecified atom stereocenters. The molecule has 2 fully saturated rings. The van der Waals surface area contributed by atoms with Gasteiger partial charge in [-0.05, 0) is 88.5 Å². The third kappa shape index (κ3) is 6.09. The van der Waals surface area contributed by atoms with Gasteiger partial charge < -0.3 is 10.1 Å². The van der Waals surface area contributed by atoms with E-state index < -0.39 is 15.6 Å². The molecule has 29 heavy (non-hydrogen) atoms. The first-order valence-electron chi connectivity index (χ1n) is 10.2. The molecule has 2 N–H and O–H groups in total. The van der Waals surface area contributed by atoms with Gasteiger partial charge in [0.15, 0.2) is 5.60 Å². The van der Waals surface area contributed by atoms with Crippen LogP contribution in [0.2, 0.25) is 5.02 Å². The van der Waals surface area contributed by atoms with Gasteiger partial charge in [0.1, 0.15) is 5.75 Å². The van der Waals surface area contributed by atoms with E-state index in [1.165, 1.54) is 6.26 Å². The van der Waals surface area contributed by atoms with Gasteiger partial charge in [-0.15, -0.1) is 0 Å². The Balaban J connectivity index is 1.50. The highest BCUT2D eigenvalue weighted by Crippen LogP contribution is 2.48. The van der Waals surface area contributed by atoms with E-state index in [0.29, 0.717) is 29.2 Å². The molecular formula is C21H31ClN2O4S. The van der Waals surface area contributed by atoms with Crippen molar-refractivity contribution in [3.05, 3.63) is 29.3 Å². The van der Waals surface area contributed by atoms with Crippen LogP contribution in [-0.4, -0.2) is 38.3 Å². The summed E-state index contributed by atoms with van der Waals surface area (Å²) >= 11 is 5.89. The van der Waals surface area contributed by atoms with Gasteiger partial charge in [0.25, 0.3) is 5.91 Å². The Kier molecular flexibility index (Phi) is 6.51. The van der Waals surface area contributed by atoms with E-state index in [-0.39, 0.29) is 11.4 Å². The quantitative estimate of drug-likeness (QED) is 0.645. The number of rotatable bonds is 8. The standard InChI is InChI=1S/C21H31ClN2O4S/c1-20(2,28-18-6-4-17(22)5-7-18)19(25)23-11-9-16-12-15-8-10-21(13-15,14-16)24-29(3,26)27/h4-7,15-16,24H,8-14H2,1-3H3,(H,23,25)/t15-,16?,21-/m0/s1. The maximum absolute atomic E-state index is 12.6. The number of sulfonamides is 1. The Morgan fingerprint density at radius 2 is 1.97 bits per heavy atom. The molecule has 8 heteroatoms. The molecule has 2 aliphatic rings. The monoisotopic (exact) mass is 442 g/mol. The zero-order valence-electron chi connectivity index (χ0n) is 17.3. The maximum Gasteiger partial charge on any atom is 0.263 e. The number of fused-ring (bicyclic) bond motifs is 2. The predicted molar refractivity (Wildman–Crippen MR) is 115 cm³/mol. The summed E-state index contributed by atoms with van der Waals surface area (Å²) in [6.45, 7) is 4.03. The number of nitrogens with one attached hydrogen (secondary N) is 2. The van der Waals surface area contributed by atoms with Crippen molar-refractivity contribution in [1.82, 2.24) is 10.0 Å². The molecule has 3 rings (SSSR count). The van der Waals surface area contributed by atoms with Crippen molar-refractivity contribution in [1.29, 1.82) is 0 Å². The van der Waals surface area contributed by atoms with Crippen molar-refractivity contribution in [3.63, 3.8) is 0 Å². The number of halogens is 1. The van der Waals surface area contributed by atoms with Gasteiger partial charge in [-0.25, -0.2) is 13.1 Å².